The van der Waals surface area contributed by atoms with Crippen molar-refractivity contribution in [3.8, 4) is 0 Å². The molecule has 0 aliphatic carbocycles. The molecule has 0 bridgehead atoms. The van der Waals surface area contributed by atoms with Crippen LogP contribution in [-0.4, -0.2) is 51.9 Å². The Morgan fingerprint density at radius 2 is 2.00 bits per heavy atom. The lowest BCUT2D eigenvalue weighted by molar-refractivity contribution is 0.0767. The van der Waals surface area contributed by atoms with Gasteiger partial charge in [-0.25, -0.2) is 4.98 Å². The van der Waals surface area contributed by atoms with Crippen molar-refractivity contribution in [2.45, 2.75) is 20.3 Å². The van der Waals surface area contributed by atoms with E-state index in [-0.39, 0.29) is 5.91 Å². The standard InChI is InChI=1S/C17H20ClN5O/c1-12-10-20-13(2)16(21-12)22-6-3-7-23(9-8-22)17(24)14-4-5-19-11-15(14)18/h4-5,10-11H,3,6-9H2,1-2H3. The number of carbonyl (C=O) groups excluding carboxylic acids is 1. The van der Waals surface area contributed by atoms with Crippen molar-refractivity contribution in [1.29, 1.82) is 0 Å². The fourth-order valence-corrected chi connectivity index (χ4v) is 3.08. The van der Waals surface area contributed by atoms with E-state index in [4.69, 9.17) is 11.6 Å². The van der Waals surface area contributed by atoms with Gasteiger partial charge in [-0.1, -0.05) is 11.6 Å². The number of aromatic nitrogens is 3. The van der Waals surface area contributed by atoms with Crippen LogP contribution in [-0.2, 0) is 0 Å². The van der Waals surface area contributed by atoms with Crippen LogP contribution in [0.2, 0.25) is 5.02 Å². The van der Waals surface area contributed by atoms with Gasteiger partial charge in [-0.05, 0) is 26.3 Å². The molecule has 1 aliphatic heterocycles. The molecule has 0 unspecified atom stereocenters. The Bertz CT molecular complexity index is 752. The Hall–Kier alpha value is -2.21. The molecule has 0 atom stereocenters. The van der Waals surface area contributed by atoms with Gasteiger partial charge in [0.1, 0.15) is 5.82 Å². The van der Waals surface area contributed by atoms with Crippen molar-refractivity contribution in [2.24, 2.45) is 0 Å². The van der Waals surface area contributed by atoms with E-state index in [9.17, 15) is 4.79 Å². The van der Waals surface area contributed by atoms with E-state index in [1.807, 2.05) is 18.7 Å². The SMILES string of the molecule is Cc1cnc(C)c(N2CCCN(C(=O)c3ccncc3Cl)CC2)n1. The Kier molecular flexibility index (Phi) is 4.94. The maximum Gasteiger partial charge on any atom is 0.255 e. The van der Waals surface area contributed by atoms with E-state index in [1.165, 1.54) is 6.20 Å². The van der Waals surface area contributed by atoms with Crippen molar-refractivity contribution in [2.75, 3.05) is 31.1 Å². The summed E-state index contributed by atoms with van der Waals surface area (Å²) in [5.41, 5.74) is 2.32. The van der Waals surface area contributed by atoms with E-state index >= 15 is 0 Å². The van der Waals surface area contributed by atoms with E-state index in [1.54, 1.807) is 18.5 Å². The molecule has 24 heavy (non-hydrogen) atoms. The summed E-state index contributed by atoms with van der Waals surface area (Å²) >= 11 is 6.10. The summed E-state index contributed by atoms with van der Waals surface area (Å²) in [6.07, 6.45) is 5.75. The van der Waals surface area contributed by atoms with Crippen LogP contribution in [0, 0.1) is 13.8 Å². The Labute approximate surface area is 146 Å². The van der Waals surface area contributed by atoms with Crippen LogP contribution in [0.4, 0.5) is 5.82 Å². The fourth-order valence-electron chi connectivity index (χ4n) is 2.88. The van der Waals surface area contributed by atoms with Crippen LogP contribution < -0.4 is 4.90 Å². The molecule has 0 spiro atoms. The predicted molar refractivity (Wildman–Crippen MR) is 93.5 cm³/mol. The third-order valence-electron chi connectivity index (χ3n) is 4.14. The zero-order valence-electron chi connectivity index (χ0n) is 13.9. The van der Waals surface area contributed by atoms with Gasteiger partial charge < -0.3 is 9.80 Å². The van der Waals surface area contributed by atoms with Crippen LogP contribution in [0.25, 0.3) is 0 Å². The van der Waals surface area contributed by atoms with Gasteiger partial charge in [0.05, 0.1) is 22.0 Å². The highest BCUT2D eigenvalue weighted by Gasteiger charge is 2.23. The first-order valence-corrected chi connectivity index (χ1v) is 8.38. The van der Waals surface area contributed by atoms with Crippen molar-refractivity contribution in [3.63, 3.8) is 0 Å². The molecular weight excluding hydrogens is 326 g/mol. The number of anilines is 1. The largest absolute Gasteiger partial charge is 0.353 e. The topological polar surface area (TPSA) is 62.2 Å². The van der Waals surface area contributed by atoms with Crippen LogP contribution >= 0.6 is 11.6 Å². The number of pyridine rings is 1. The number of nitrogens with zero attached hydrogens (tertiary/aromatic N) is 5. The molecule has 1 aliphatic rings. The zero-order chi connectivity index (χ0) is 17.1. The summed E-state index contributed by atoms with van der Waals surface area (Å²) in [5, 5.41) is 0.393. The number of aryl methyl sites for hydroxylation is 2. The second-order valence-corrected chi connectivity index (χ2v) is 6.32. The molecule has 0 radical (unpaired) electrons. The maximum absolute atomic E-state index is 12.7. The Morgan fingerprint density at radius 3 is 2.79 bits per heavy atom. The number of rotatable bonds is 2. The average Bonchev–Trinajstić information content (AvgIpc) is 2.83. The van der Waals surface area contributed by atoms with Crippen LogP contribution in [0.1, 0.15) is 28.2 Å². The normalized spacial score (nSPS) is 15.3. The summed E-state index contributed by atoms with van der Waals surface area (Å²) in [7, 11) is 0. The average molecular weight is 346 g/mol. The lowest BCUT2D eigenvalue weighted by atomic mass is 10.2. The summed E-state index contributed by atoms with van der Waals surface area (Å²) in [5.74, 6) is 0.863. The summed E-state index contributed by atoms with van der Waals surface area (Å²) in [4.78, 5) is 29.7. The van der Waals surface area contributed by atoms with Crippen molar-refractivity contribution in [1.82, 2.24) is 19.9 Å². The van der Waals surface area contributed by atoms with E-state index in [0.29, 0.717) is 23.7 Å². The highest BCUT2D eigenvalue weighted by molar-refractivity contribution is 6.33. The smallest absolute Gasteiger partial charge is 0.255 e. The first kappa shape index (κ1) is 16.6. The lowest BCUT2D eigenvalue weighted by Crippen LogP contribution is -2.35. The second-order valence-electron chi connectivity index (χ2n) is 5.91. The van der Waals surface area contributed by atoms with Crippen molar-refractivity contribution in [3.05, 3.63) is 46.6 Å². The van der Waals surface area contributed by atoms with Gasteiger partial charge in [-0.3, -0.25) is 14.8 Å². The fraction of sp³-hybridized carbons (Fsp3) is 0.412. The summed E-state index contributed by atoms with van der Waals surface area (Å²) in [6, 6.07) is 1.67. The van der Waals surface area contributed by atoms with E-state index in [0.717, 1.165) is 36.7 Å². The summed E-state index contributed by atoms with van der Waals surface area (Å²) < 4.78 is 0. The van der Waals surface area contributed by atoms with Gasteiger partial charge in [0, 0.05) is 44.8 Å². The molecule has 0 saturated carbocycles. The first-order valence-electron chi connectivity index (χ1n) is 8.00. The third kappa shape index (κ3) is 3.48. The molecule has 0 N–H and O–H groups in total. The van der Waals surface area contributed by atoms with E-state index < -0.39 is 0 Å². The molecule has 2 aromatic heterocycles. The molecule has 3 heterocycles. The number of halogens is 1. The maximum atomic E-state index is 12.7. The Morgan fingerprint density at radius 1 is 1.17 bits per heavy atom. The molecule has 1 fully saturated rings. The van der Waals surface area contributed by atoms with Crippen LogP contribution in [0.5, 0.6) is 0 Å². The predicted octanol–water partition coefficient (Wildman–Crippen LogP) is 2.49. The molecule has 7 heteroatoms. The zero-order valence-corrected chi connectivity index (χ0v) is 14.6. The highest BCUT2D eigenvalue weighted by atomic mass is 35.5. The van der Waals surface area contributed by atoms with Crippen molar-refractivity contribution >= 4 is 23.3 Å². The minimum atomic E-state index is -0.0451. The number of hydrogen-bond acceptors (Lipinski definition) is 5. The molecule has 1 amide bonds. The van der Waals surface area contributed by atoms with Crippen molar-refractivity contribution < 1.29 is 4.79 Å². The minimum Gasteiger partial charge on any atom is -0.353 e. The van der Waals surface area contributed by atoms with Gasteiger partial charge in [0.15, 0.2) is 0 Å². The molecule has 0 aromatic carbocycles. The number of hydrogen-bond donors (Lipinski definition) is 0. The van der Waals surface area contributed by atoms with Crippen LogP contribution in [0.15, 0.2) is 24.7 Å². The molecule has 126 valence electrons. The Balaban J connectivity index is 1.75. The molecule has 1 saturated heterocycles. The van der Waals surface area contributed by atoms with Gasteiger partial charge in [0.25, 0.3) is 5.91 Å². The van der Waals surface area contributed by atoms with Gasteiger partial charge >= 0.3 is 0 Å². The van der Waals surface area contributed by atoms with Gasteiger partial charge in [0.2, 0.25) is 0 Å². The van der Waals surface area contributed by atoms with Gasteiger partial charge in [-0.2, -0.15) is 0 Å². The highest BCUT2D eigenvalue weighted by Crippen LogP contribution is 2.20. The molecule has 6 nitrogen and oxygen atoms in total. The minimum absolute atomic E-state index is 0.0451. The first-order chi connectivity index (χ1) is 11.6. The lowest BCUT2D eigenvalue weighted by Gasteiger charge is -2.24. The summed E-state index contributed by atoms with van der Waals surface area (Å²) in [6.45, 7) is 6.82. The molecule has 3 rings (SSSR count). The number of carbonyl (C=O) groups is 1. The number of amides is 1. The van der Waals surface area contributed by atoms with E-state index in [2.05, 4.69) is 19.9 Å². The van der Waals surface area contributed by atoms with Crippen LogP contribution in [0.3, 0.4) is 0 Å². The molecular formula is C17H20ClN5O. The monoisotopic (exact) mass is 345 g/mol. The molecule has 2 aromatic rings. The second kappa shape index (κ2) is 7.13. The quantitative estimate of drug-likeness (QED) is 0.836. The third-order valence-corrected chi connectivity index (χ3v) is 4.44. The van der Waals surface area contributed by atoms with Gasteiger partial charge in [-0.15, -0.1) is 0 Å².